The molecule has 5 heteroatoms. The van der Waals surface area contributed by atoms with Crippen LogP contribution in [0, 0.1) is 3.57 Å². The van der Waals surface area contributed by atoms with E-state index in [0.29, 0.717) is 6.54 Å². The van der Waals surface area contributed by atoms with Crippen molar-refractivity contribution < 1.29 is 0 Å². The molecule has 2 N–H and O–H groups in total. The number of hydrogen-bond acceptors (Lipinski definition) is 4. The van der Waals surface area contributed by atoms with Crippen LogP contribution in [0.5, 0.6) is 0 Å². The highest BCUT2D eigenvalue weighted by Gasteiger charge is 2.26. The zero-order valence-electron chi connectivity index (χ0n) is 10.5. The fraction of sp³-hybridized carbons (Fsp3) is 0.286. The highest BCUT2D eigenvalue weighted by Crippen LogP contribution is 2.25. The van der Waals surface area contributed by atoms with Crippen molar-refractivity contribution in [2.24, 2.45) is 5.73 Å². The van der Waals surface area contributed by atoms with Gasteiger partial charge in [-0.2, -0.15) is 0 Å². The van der Waals surface area contributed by atoms with E-state index in [0.717, 1.165) is 22.5 Å². The predicted octanol–water partition coefficient (Wildman–Crippen LogP) is 1.97. The molecule has 1 aliphatic heterocycles. The molecular formula is C14H15IN4. The Hall–Kier alpha value is -1.21. The molecule has 1 aromatic carbocycles. The van der Waals surface area contributed by atoms with E-state index in [1.807, 2.05) is 12.4 Å². The van der Waals surface area contributed by atoms with Gasteiger partial charge in [0.05, 0.1) is 0 Å². The molecule has 1 atom stereocenters. The topological polar surface area (TPSA) is 55.0 Å². The average Bonchev–Trinajstić information content (AvgIpc) is 2.46. The number of nitrogens with zero attached hydrogens (tertiary/aromatic N) is 3. The summed E-state index contributed by atoms with van der Waals surface area (Å²) in [5.74, 6) is 0.769. The van der Waals surface area contributed by atoms with Gasteiger partial charge in [-0.25, -0.2) is 9.97 Å². The van der Waals surface area contributed by atoms with Crippen LogP contribution in [0.25, 0.3) is 0 Å². The van der Waals surface area contributed by atoms with Crippen LogP contribution < -0.4 is 10.6 Å². The minimum atomic E-state index is 0.273. The molecule has 4 nitrogen and oxygen atoms in total. The molecule has 98 valence electrons. The number of hydrogen-bond donors (Lipinski definition) is 1. The molecule has 0 amide bonds. The number of halogens is 1. The van der Waals surface area contributed by atoms with Gasteiger partial charge in [0.1, 0.15) is 0 Å². The van der Waals surface area contributed by atoms with Crippen LogP contribution >= 0.6 is 22.6 Å². The maximum absolute atomic E-state index is 5.92. The third-order valence-electron chi connectivity index (χ3n) is 3.49. The van der Waals surface area contributed by atoms with Crippen molar-refractivity contribution in [1.82, 2.24) is 9.97 Å². The fourth-order valence-electron chi connectivity index (χ4n) is 2.49. The highest BCUT2D eigenvalue weighted by atomic mass is 127. The number of fused-ring (bicyclic) bond motifs is 1. The third-order valence-corrected chi connectivity index (χ3v) is 4.05. The van der Waals surface area contributed by atoms with Gasteiger partial charge in [-0.1, -0.05) is 24.3 Å². The quantitative estimate of drug-likeness (QED) is 0.826. The Morgan fingerprint density at radius 3 is 2.58 bits per heavy atom. The second-order valence-electron chi connectivity index (χ2n) is 4.69. The highest BCUT2D eigenvalue weighted by molar-refractivity contribution is 14.1. The van der Waals surface area contributed by atoms with Crippen LogP contribution in [0.1, 0.15) is 11.1 Å². The smallest absolute Gasteiger partial charge is 0.225 e. The van der Waals surface area contributed by atoms with Crippen LogP contribution in [-0.4, -0.2) is 22.6 Å². The lowest BCUT2D eigenvalue weighted by Gasteiger charge is -2.36. The molecule has 1 aromatic heterocycles. The Labute approximate surface area is 126 Å². The van der Waals surface area contributed by atoms with Gasteiger partial charge in [-0.15, -0.1) is 0 Å². The molecule has 0 saturated carbocycles. The maximum Gasteiger partial charge on any atom is 0.225 e. The summed E-state index contributed by atoms with van der Waals surface area (Å²) in [5, 5.41) is 0. The van der Waals surface area contributed by atoms with E-state index in [-0.39, 0.29) is 6.04 Å². The normalized spacial score (nSPS) is 18.2. The summed E-state index contributed by atoms with van der Waals surface area (Å²) in [5.41, 5.74) is 8.65. The number of benzene rings is 1. The minimum Gasteiger partial charge on any atom is -0.332 e. The standard InChI is InChI=1S/C14H15IN4/c15-12-7-17-14(18-8-12)19-9-11-4-2-1-3-10(11)5-13(19)6-16/h1-4,7-8,13H,5-6,9,16H2. The maximum atomic E-state index is 5.92. The van der Waals surface area contributed by atoms with E-state index in [1.165, 1.54) is 11.1 Å². The minimum absolute atomic E-state index is 0.273. The molecule has 0 saturated heterocycles. The van der Waals surface area contributed by atoms with Gasteiger partial charge in [0, 0.05) is 35.1 Å². The van der Waals surface area contributed by atoms with Crippen molar-refractivity contribution in [2.45, 2.75) is 19.0 Å². The summed E-state index contributed by atoms with van der Waals surface area (Å²) in [6.45, 7) is 1.45. The molecule has 19 heavy (non-hydrogen) atoms. The lowest BCUT2D eigenvalue weighted by Crippen LogP contribution is -2.45. The van der Waals surface area contributed by atoms with Gasteiger partial charge in [0.25, 0.3) is 0 Å². The van der Waals surface area contributed by atoms with Crippen molar-refractivity contribution in [1.29, 1.82) is 0 Å². The first-order valence-electron chi connectivity index (χ1n) is 6.29. The van der Waals surface area contributed by atoms with Gasteiger partial charge >= 0.3 is 0 Å². The average molecular weight is 366 g/mol. The number of aromatic nitrogens is 2. The summed E-state index contributed by atoms with van der Waals surface area (Å²) in [6.07, 6.45) is 4.65. The third kappa shape index (κ3) is 2.57. The van der Waals surface area contributed by atoms with Crippen molar-refractivity contribution in [3.63, 3.8) is 0 Å². The van der Waals surface area contributed by atoms with E-state index >= 15 is 0 Å². The van der Waals surface area contributed by atoms with E-state index in [1.54, 1.807) is 0 Å². The molecule has 1 unspecified atom stereocenters. The first-order valence-corrected chi connectivity index (χ1v) is 7.37. The first kappa shape index (κ1) is 12.8. The summed E-state index contributed by atoms with van der Waals surface area (Å²) in [7, 11) is 0. The van der Waals surface area contributed by atoms with Crippen molar-refractivity contribution in [3.05, 3.63) is 51.4 Å². The van der Waals surface area contributed by atoms with Crippen molar-refractivity contribution in [2.75, 3.05) is 11.4 Å². The van der Waals surface area contributed by atoms with Crippen LogP contribution in [-0.2, 0) is 13.0 Å². The Morgan fingerprint density at radius 2 is 1.89 bits per heavy atom. The zero-order chi connectivity index (χ0) is 13.2. The number of nitrogens with two attached hydrogens (primary N) is 1. The number of rotatable bonds is 2. The zero-order valence-corrected chi connectivity index (χ0v) is 12.6. The SMILES string of the molecule is NCC1Cc2ccccc2CN1c1ncc(I)cn1. The van der Waals surface area contributed by atoms with Gasteiger partial charge in [0.2, 0.25) is 5.95 Å². The molecule has 0 radical (unpaired) electrons. The monoisotopic (exact) mass is 366 g/mol. The first-order chi connectivity index (χ1) is 9.28. The van der Waals surface area contributed by atoms with Crippen LogP contribution in [0.4, 0.5) is 5.95 Å². The second kappa shape index (κ2) is 5.42. The lowest BCUT2D eigenvalue weighted by atomic mass is 9.94. The summed E-state index contributed by atoms with van der Waals surface area (Å²) in [4.78, 5) is 11.1. The van der Waals surface area contributed by atoms with Gasteiger partial charge in [-0.05, 0) is 40.1 Å². The van der Waals surface area contributed by atoms with E-state index < -0.39 is 0 Å². The van der Waals surface area contributed by atoms with E-state index in [9.17, 15) is 0 Å². The molecule has 2 aromatic rings. The van der Waals surface area contributed by atoms with Gasteiger partial charge in [-0.3, -0.25) is 0 Å². The summed E-state index contributed by atoms with van der Waals surface area (Å²) in [6, 6.07) is 8.79. The number of anilines is 1. The van der Waals surface area contributed by atoms with Crippen molar-refractivity contribution in [3.8, 4) is 0 Å². The molecular weight excluding hydrogens is 351 g/mol. The van der Waals surface area contributed by atoms with Crippen LogP contribution in [0.15, 0.2) is 36.7 Å². The predicted molar refractivity (Wildman–Crippen MR) is 83.9 cm³/mol. The Balaban J connectivity index is 1.95. The van der Waals surface area contributed by atoms with Crippen molar-refractivity contribution >= 4 is 28.5 Å². The van der Waals surface area contributed by atoms with Gasteiger partial charge in [0.15, 0.2) is 0 Å². The molecule has 2 heterocycles. The van der Waals surface area contributed by atoms with Crippen LogP contribution in [0.2, 0.25) is 0 Å². The summed E-state index contributed by atoms with van der Waals surface area (Å²) >= 11 is 2.21. The summed E-state index contributed by atoms with van der Waals surface area (Å²) < 4.78 is 1.04. The molecule has 1 aliphatic rings. The molecule has 0 aliphatic carbocycles. The Morgan fingerprint density at radius 1 is 1.21 bits per heavy atom. The van der Waals surface area contributed by atoms with E-state index in [4.69, 9.17) is 5.73 Å². The second-order valence-corrected chi connectivity index (χ2v) is 5.94. The fourth-order valence-corrected chi connectivity index (χ4v) is 2.76. The van der Waals surface area contributed by atoms with Gasteiger partial charge < -0.3 is 10.6 Å². The Bertz CT molecular complexity index is 570. The van der Waals surface area contributed by atoms with Crippen LogP contribution in [0.3, 0.4) is 0 Å². The molecule has 0 fully saturated rings. The van der Waals surface area contributed by atoms with E-state index in [2.05, 4.69) is 61.7 Å². The Kier molecular flexibility index (Phi) is 3.65. The molecule has 0 spiro atoms. The largest absolute Gasteiger partial charge is 0.332 e. The molecule has 3 rings (SSSR count). The lowest BCUT2D eigenvalue weighted by molar-refractivity contribution is 0.549. The molecule has 0 bridgehead atoms.